The van der Waals surface area contributed by atoms with E-state index in [0.717, 1.165) is 5.56 Å². The van der Waals surface area contributed by atoms with Crippen molar-refractivity contribution in [3.05, 3.63) is 59.2 Å². The van der Waals surface area contributed by atoms with Gasteiger partial charge in [-0.2, -0.15) is 0 Å². The Morgan fingerprint density at radius 2 is 1.79 bits per heavy atom. The monoisotopic (exact) mass is 348 g/mol. The summed E-state index contributed by atoms with van der Waals surface area (Å²) in [5.74, 6) is -0.579. The highest BCUT2D eigenvalue weighted by atomic mass is 32.2. The molecule has 0 unspecified atom stereocenters. The van der Waals surface area contributed by atoms with Gasteiger partial charge in [-0.05, 0) is 37.6 Å². The van der Waals surface area contributed by atoms with E-state index in [1.807, 2.05) is 6.92 Å². The van der Waals surface area contributed by atoms with E-state index in [9.17, 15) is 18.3 Å². The second-order valence-corrected chi connectivity index (χ2v) is 7.18. The van der Waals surface area contributed by atoms with Crippen LogP contribution in [-0.4, -0.2) is 32.5 Å². The molecule has 1 amide bonds. The lowest BCUT2D eigenvalue weighted by atomic mass is 10.2. The predicted molar refractivity (Wildman–Crippen MR) is 91.5 cm³/mol. The van der Waals surface area contributed by atoms with Crippen molar-refractivity contribution in [2.45, 2.75) is 18.7 Å². The molecule has 24 heavy (non-hydrogen) atoms. The van der Waals surface area contributed by atoms with Crippen molar-refractivity contribution in [1.82, 2.24) is 10.0 Å². The molecule has 2 aromatic carbocycles. The highest BCUT2D eigenvalue weighted by molar-refractivity contribution is 7.89. The molecule has 0 aliphatic heterocycles. The largest absolute Gasteiger partial charge is 0.507 e. The summed E-state index contributed by atoms with van der Waals surface area (Å²) in [5, 5.41) is 12.2. The van der Waals surface area contributed by atoms with Crippen LogP contribution in [0.1, 0.15) is 21.5 Å². The molecule has 0 bridgehead atoms. The van der Waals surface area contributed by atoms with Gasteiger partial charge in [-0.25, -0.2) is 13.1 Å². The third-order valence-electron chi connectivity index (χ3n) is 3.47. The van der Waals surface area contributed by atoms with Crippen molar-refractivity contribution >= 4 is 15.9 Å². The fourth-order valence-electron chi connectivity index (χ4n) is 2.30. The van der Waals surface area contributed by atoms with Crippen LogP contribution in [0.5, 0.6) is 5.75 Å². The summed E-state index contributed by atoms with van der Waals surface area (Å²) in [6, 6.07) is 11.3. The van der Waals surface area contributed by atoms with Crippen molar-refractivity contribution in [2.75, 3.05) is 13.1 Å². The molecule has 0 fully saturated rings. The molecule has 0 aliphatic rings. The molecule has 2 aromatic rings. The van der Waals surface area contributed by atoms with Gasteiger partial charge in [0.15, 0.2) is 0 Å². The maximum atomic E-state index is 12.3. The number of benzene rings is 2. The number of phenolic OH excluding ortho intramolecular Hbond substituents is 1. The van der Waals surface area contributed by atoms with Crippen molar-refractivity contribution in [3.63, 3.8) is 0 Å². The Hall–Kier alpha value is -2.38. The van der Waals surface area contributed by atoms with Gasteiger partial charge in [-0.1, -0.05) is 29.8 Å². The molecule has 0 aromatic heterocycles. The molecule has 128 valence electrons. The number of rotatable bonds is 6. The fraction of sp³-hybridized carbons (Fsp3) is 0.235. The molecule has 7 heteroatoms. The Morgan fingerprint density at radius 1 is 1.08 bits per heavy atom. The standard InChI is InChI=1S/C17H20N2O4S/c1-12-7-8-16(13(2)11-12)24(22,23)19-10-9-18-17(21)14-5-3-4-6-15(14)20/h3-8,11,19-20H,9-10H2,1-2H3,(H,18,21). The SMILES string of the molecule is Cc1ccc(S(=O)(=O)NCCNC(=O)c2ccccc2O)c(C)c1. The summed E-state index contributed by atoms with van der Waals surface area (Å²) in [7, 11) is -3.63. The lowest BCUT2D eigenvalue weighted by Crippen LogP contribution is -2.35. The van der Waals surface area contributed by atoms with E-state index in [2.05, 4.69) is 10.0 Å². The average Bonchev–Trinajstić information content (AvgIpc) is 2.51. The summed E-state index contributed by atoms with van der Waals surface area (Å²) >= 11 is 0. The molecule has 2 rings (SSSR count). The van der Waals surface area contributed by atoms with Gasteiger partial charge in [-0.3, -0.25) is 4.79 Å². The van der Waals surface area contributed by atoms with Crippen LogP contribution >= 0.6 is 0 Å². The zero-order chi connectivity index (χ0) is 17.7. The Labute approximate surface area is 141 Å². The summed E-state index contributed by atoms with van der Waals surface area (Å²) in [6.07, 6.45) is 0. The molecule has 0 heterocycles. The number of aryl methyl sites for hydroxylation is 2. The quantitative estimate of drug-likeness (QED) is 0.693. The van der Waals surface area contributed by atoms with Crippen LogP contribution in [-0.2, 0) is 10.0 Å². The minimum atomic E-state index is -3.63. The summed E-state index contributed by atoms with van der Waals surface area (Å²) in [4.78, 5) is 12.1. The molecule has 3 N–H and O–H groups in total. The number of amides is 1. The van der Waals surface area contributed by atoms with Gasteiger partial charge in [0, 0.05) is 13.1 Å². The van der Waals surface area contributed by atoms with Crippen LogP contribution < -0.4 is 10.0 Å². The van der Waals surface area contributed by atoms with Gasteiger partial charge >= 0.3 is 0 Å². The molecule has 6 nitrogen and oxygen atoms in total. The molecular weight excluding hydrogens is 328 g/mol. The highest BCUT2D eigenvalue weighted by Crippen LogP contribution is 2.16. The lowest BCUT2D eigenvalue weighted by Gasteiger charge is -2.11. The number of hydrogen-bond acceptors (Lipinski definition) is 4. The van der Waals surface area contributed by atoms with Gasteiger partial charge in [0.25, 0.3) is 5.91 Å². The third kappa shape index (κ3) is 4.33. The van der Waals surface area contributed by atoms with Crippen LogP contribution in [0.25, 0.3) is 0 Å². The number of carbonyl (C=O) groups excluding carboxylic acids is 1. The molecule has 0 atom stereocenters. The fourth-order valence-corrected chi connectivity index (χ4v) is 3.56. The first-order chi connectivity index (χ1) is 11.3. The zero-order valence-electron chi connectivity index (χ0n) is 13.5. The van der Waals surface area contributed by atoms with E-state index in [4.69, 9.17) is 0 Å². The number of phenols is 1. The van der Waals surface area contributed by atoms with Crippen molar-refractivity contribution in [2.24, 2.45) is 0 Å². The molecule has 0 radical (unpaired) electrons. The van der Waals surface area contributed by atoms with Crippen LogP contribution in [0.3, 0.4) is 0 Å². The van der Waals surface area contributed by atoms with Crippen LogP contribution in [0.4, 0.5) is 0 Å². The van der Waals surface area contributed by atoms with Crippen molar-refractivity contribution in [3.8, 4) is 5.75 Å². The van der Waals surface area contributed by atoms with Gasteiger partial charge in [0.1, 0.15) is 5.75 Å². The van der Waals surface area contributed by atoms with Gasteiger partial charge < -0.3 is 10.4 Å². The second kappa shape index (κ2) is 7.46. The van der Waals surface area contributed by atoms with Crippen LogP contribution in [0.2, 0.25) is 0 Å². The molecule has 0 saturated heterocycles. The van der Waals surface area contributed by atoms with Crippen LogP contribution in [0.15, 0.2) is 47.4 Å². The maximum absolute atomic E-state index is 12.3. The average molecular weight is 348 g/mol. The molecular formula is C17H20N2O4S. The van der Waals surface area contributed by atoms with E-state index >= 15 is 0 Å². The van der Waals surface area contributed by atoms with Crippen molar-refractivity contribution < 1.29 is 18.3 Å². The smallest absolute Gasteiger partial charge is 0.255 e. The highest BCUT2D eigenvalue weighted by Gasteiger charge is 2.16. The Kier molecular flexibility index (Phi) is 5.58. The summed E-state index contributed by atoms with van der Waals surface area (Å²) < 4.78 is 27.0. The summed E-state index contributed by atoms with van der Waals surface area (Å²) in [5.41, 5.74) is 1.80. The molecule has 0 aliphatic carbocycles. The Balaban J connectivity index is 1.92. The van der Waals surface area contributed by atoms with Gasteiger partial charge in [0.2, 0.25) is 10.0 Å². The lowest BCUT2D eigenvalue weighted by molar-refractivity contribution is 0.0951. The predicted octanol–water partition coefficient (Wildman–Crippen LogP) is 1.72. The minimum Gasteiger partial charge on any atom is -0.507 e. The first-order valence-electron chi connectivity index (χ1n) is 7.44. The van der Waals surface area contributed by atoms with Gasteiger partial charge in [-0.15, -0.1) is 0 Å². The normalized spacial score (nSPS) is 11.2. The van der Waals surface area contributed by atoms with E-state index in [-0.39, 0.29) is 29.3 Å². The topological polar surface area (TPSA) is 95.5 Å². The molecule has 0 spiro atoms. The van der Waals surface area contributed by atoms with Crippen LogP contribution in [0, 0.1) is 13.8 Å². The Morgan fingerprint density at radius 3 is 2.46 bits per heavy atom. The number of carbonyl (C=O) groups is 1. The van der Waals surface area contributed by atoms with E-state index < -0.39 is 15.9 Å². The number of para-hydroxylation sites is 1. The maximum Gasteiger partial charge on any atom is 0.255 e. The first kappa shape index (κ1) is 18.0. The second-order valence-electron chi connectivity index (χ2n) is 5.44. The third-order valence-corrected chi connectivity index (χ3v) is 5.09. The van der Waals surface area contributed by atoms with E-state index in [1.165, 1.54) is 12.1 Å². The Bertz CT molecular complexity index is 847. The molecule has 0 saturated carbocycles. The first-order valence-corrected chi connectivity index (χ1v) is 8.92. The number of hydrogen-bond donors (Lipinski definition) is 3. The minimum absolute atomic E-state index is 0.0506. The summed E-state index contributed by atoms with van der Waals surface area (Å²) in [6.45, 7) is 3.79. The van der Waals surface area contributed by atoms with Crippen molar-refractivity contribution in [1.29, 1.82) is 0 Å². The van der Waals surface area contributed by atoms with Gasteiger partial charge in [0.05, 0.1) is 10.5 Å². The van der Waals surface area contributed by atoms with E-state index in [0.29, 0.717) is 5.56 Å². The number of aromatic hydroxyl groups is 1. The zero-order valence-corrected chi connectivity index (χ0v) is 14.4. The number of nitrogens with one attached hydrogen (secondary N) is 2. The van der Waals surface area contributed by atoms with E-state index in [1.54, 1.807) is 37.3 Å². The number of sulfonamides is 1.